The van der Waals surface area contributed by atoms with E-state index in [9.17, 15) is 4.79 Å². The summed E-state index contributed by atoms with van der Waals surface area (Å²) in [5.74, 6) is 2.41. The number of quaternary nitrogens is 1. The molecule has 2 fully saturated rings. The van der Waals surface area contributed by atoms with E-state index in [0.29, 0.717) is 6.54 Å². The molecule has 2 atom stereocenters. The van der Waals surface area contributed by atoms with Crippen LogP contribution in [-0.4, -0.2) is 55.3 Å². The van der Waals surface area contributed by atoms with E-state index in [2.05, 4.69) is 11.8 Å². The van der Waals surface area contributed by atoms with Crippen molar-refractivity contribution >= 4 is 33.3 Å². The van der Waals surface area contributed by atoms with E-state index in [-0.39, 0.29) is 11.8 Å². The van der Waals surface area contributed by atoms with Crippen LogP contribution in [0.1, 0.15) is 42.5 Å². The number of hydrogen-bond donors (Lipinski definition) is 2. The number of carbonyl (C=O) groups is 1. The van der Waals surface area contributed by atoms with E-state index < -0.39 is 0 Å². The molecular weight excluding hydrogens is 398 g/mol. The number of carbonyl (C=O) groups excluding carboxylic acids is 1. The molecule has 1 amide bonds. The van der Waals surface area contributed by atoms with Crippen molar-refractivity contribution in [2.75, 3.05) is 44.3 Å². The van der Waals surface area contributed by atoms with Crippen LogP contribution in [0.15, 0.2) is 0 Å². The summed E-state index contributed by atoms with van der Waals surface area (Å²) in [4.78, 5) is 28.5. The Hall–Kier alpha value is -1.77. The smallest absolute Gasteiger partial charge is 0.222 e. The number of aryl methyl sites for hydroxylation is 1. The van der Waals surface area contributed by atoms with Crippen molar-refractivity contribution in [2.24, 2.45) is 17.6 Å². The Bertz CT molecular complexity index is 939. The molecule has 5 rings (SSSR count). The number of nitrogens with zero attached hydrogens (tertiary/aromatic N) is 3. The average Bonchev–Trinajstić information content (AvgIpc) is 3.11. The molecule has 3 N–H and O–H groups in total. The van der Waals surface area contributed by atoms with Crippen molar-refractivity contribution in [2.45, 2.75) is 45.6 Å². The molecule has 0 radical (unpaired) electrons. The Balaban J connectivity index is 1.55. The molecule has 4 heterocycles. The van der Waals surface area contributed by atoms with Crippen LogP contribution in [0.5, 0.6) is 0 Å². The van der Waals surface area contributed by atoms with Gasteiger partial charge in [-0.3, -0.25) is 4.79 Å². The number of nitrogens with two attached hydrogens (primary N) is 1. The number of thiophene rings is 1. The van der Waals surface area contributed by atoms with Gasteiger partial charge in [0, 0.05) is 18.0 Å². The lowest BCUT2D eigenvalue weighted by atomic mass is 9.89. The zero-order chi connectivity index (χ0) is 20.7. The highest BCUT2D eigenvalue weighted by Crippen LogP contribution is 2.41. The summed E-state index contributed by atoms with van der Waals surface area (Å²) in [7, 11) is 0. The number of morpholine rings is 1. The van der Waals surface area contributed by atoms with E-state index in [4.69, 9.17) is 20.4 Å². The molecule has 2 aliphatic heterocycles. The van der Waals surface area contributed by atoms with Gasteiger partial charge in [-0.05, 0) is 43.6 Å². The van der Waals surface area contributed by atoms with Crippen LogP contribution in [0.3, 0.4) is 0 Å². The second-order valence-corrected chi connectivity index (χ2v) is 10.3. The fourth-order valence-corrected chi connectivity index (χ4v) is 6.53. The number of nitrogens with one attached hydrogen (secondary N) is 1. The fourth-order valence-electron chi connectivity index (χ4n) is 5.14. The lowest BCUT2D eigenvalue weighted by Gasteiger charge is -2.33. The minimum Gasteiger partial charge on any atom is -0.370 e. The third-order valence-corrected chi connectivity index (χ3v) is 8.06. The Morgan fingerprint density at radius 2 is 2.13 bits per heavy atom. The number of fused-ring (bicyclic) bond motifs is 3. The average molecular weight is 431 g/mol. The monoisotopic (exact) mass is 430 g/mol. The largest absolute Gasteiger partial charge is 0.370 e. The van der Waals surface area contributed by atoms with E-state index in [0.717, 1.165) is 87.5 Å². The van der Waals surface area contributed by atoms with Crippen LogP contribution < -0.4 is 15.5 Å². The summed E-state index contributed by atoms with van der Waals surface area (Å²) >= 11 is 1.86. The molecule has 2 aromatic rings. The Labute approximate surface area is 181 Å². The van der Waals surface area contributed by atoms with Crippen LogP contribution in [-0.2, 0) is 28.9 Å². The van der Waals surface area contributed by atoms with Gasteiger partial charge in [-0.1, -0.05) is 6.92 Å². The normalized spacial score (nSPS) is 25.4. The minimum atomic E-state index is -0.191. The first kappa shape index (κ1) is 20.2. The molecule has 8 heteroatoms. The molecule has 0 bridgehead atoms. The number of rotatable bonds is 4. The number of anilines is 1. The molecule has 30 heavy (non-hydrogen) atoms. The Kier molecular flexibility index (Phi) is 5.64. The third kappa shape index (κ3) is 3.92. The molecule has 0 unspecified atom stereocenters. The van der Waals surface area contributed by atoms with E-state index in [1.165, 1.54) is 27.1 Å². The lowest BCUT2D eigenvalue weighted by Crippen LogP contribution is -3.12. The van der Waals surface area contributed by atoms with Crippen LogP contribution >= 0.6 is 11.3 Å². The first-order chi connectivity index (χ1) is 14.6. The molecule has 0 saturated carbocycles. The Morgan fingerprint density at radius 1 is 1.30 bits per heavy atom. The van der Waals surface area contributed by atoms with Gasteiger partial charge in [0.25, 0.3) is 0 Å². The standard InChI is InChI=1S/C22H31N5O2S/c1-14-4-5-16-17(11-14)30-22-19(16)21(27-6-2-3-15(12-27)20(23)28)24-18(25-22)13-26-7-9-29-10-8-26/h14-15H,2-13H2,1H3,(H2,23,28)/p+1/t14-,15+/m1/s1. The van der Waals surface area contributed by atoms with Gasteiger partial charge in [0.15, 0.2) is 5.82 Å². The molecule has 7 nitrogen and oxygen atoms in total. The van der Waals surface area contributed by atoms with Gasteiger partial charge in [-0.15, -0.1) is 11.3 Å². The van der Waals surface area contributed by atoms with E-state index >= 15 is 0 Å². The number of piperidine rings is 1. The lowest BCUT2D eigenvalue weighted by molar-refractivity contribution is -0.922. The maximum atomic E-state index is 11.9. The molecule has 162 valence electrons. The summed E-state index contributed by atoms with van der Waals surface area (Å²) in [6.45, 7) is 8.40. The minimum absolute atomic E-state index is 0.0911. The van der Waals surface area contributed by atoms with Crippen molar-refractivity contribution in [1.82, 2.24) is 9.97 Å². The van der Waals surface area contributed by atoms with Crippen molar-refractivity contribution in [1.29, 1.82) is 0 Å². The van der Waals surface area contributed by atoms with Crippen LogP contribution in [0.4, 0.5) is 5.82 Å². The molecule has 0 aromatic carbocycles. The zero-order valence-corrected chi connectivity index (χ0v) is 18.6. The number of aromatic nitrogens is 2. The zero-order valence-electron chi connectivity index (χ0n) is 17.8. The van der Waals surface area contributed by atoms with E-state index in [1.54, 1.807) is 0 Å². The van der Waals surface area contributed by atoms with Crippen LogP contribution in [0, 0.1) is 11.8 Å². The summed E-state index contributed by atoms with van der Waals surface area (Å²) in [5, 5.41) is 1.24. The first-order valence-corrected chi connectivity index (χ1v) is 12.2. The molecule has 0 spiro atoms. The van der Waals surface area contributed by atoms with Gasteiger partial charge in [-0.2, -0.15) is 0 Å². The van der Waals surface area contributed by atoms with Crippen molar-refractivity contribution < 1.29 is 14.4 Å². The SMILES string of the molecule is C[C@@H]1CCc2c(sc3nc(C[NH+]4CCOCC4)nc(N4CCC[C@H](C(N)=O)C4)c23)C1. The highest BCUT2D eigenvalue weighted by molar-refractivity contribution is 7.19. The number of primary amides is 1. The maximum Gasteiger partial charge on any atom is 0.222 e. The van der Waals surface area contributed by atoms with Crippen molar-refractivity contribution in [3.63, 3.8) is 0 Å². The Morgan fingerprint density at radius 3 is 2.93 bits per heavy atom. The summed E-state index contributed by atoms with van der Waals surface area (Å²) in [6.07, 6.45) is 5.33. The van der Waals surface area contributed by atoms with Crippen LogP contribution in [0.2, 0.25) is 0 Å². The fraction of sp³-hybridized carbons (Fsp3) is 0.682. The predicted molar refractivity (Wildman–Crippen MR) is 118 cm³/mol. The van der Waals surface area contributed by atoms with Gasteiger partial charge in [-0.25, -0.2) is 9.97 Å². The molecule has 2 saturated heterocycles. The maximum absolute atomic E-state index is 11.9. The van der Waals surface area contributed by atoms with E-state index in [1.807, 2.05) is 11.3 Å². The molecule has 1 aliphatic carbocycles. The third-order valence-electron chi connectivity index (χ3n) is 6.91. The highest BCUT2D eigenvalue weighted by atomic mass is 32.1. The van der Waals surface area contributed by atoms with Gasteiger partial charge in [0.2, 0.25) is 5.91 Å². The van der Waals surface area contributed by atoms with Gasteiger partial charge >= 0.3 is 0 Å². The van der Waals surface area contributed by atoms with Gasteiger partial charge < -0.3 is 20.3 Å². The molecular formula is C22H32N5O2S+. The van der Waals surface area contributed by atoms with Crippen molar-refractivity contribution in [3.8, 4) is 0 Å². The predicted octanol–water partition coefficient (Wildman–Crippen LogP) is 0.933. The number of amides is 1. The summed E-state index contributed by atoms with van der Waals surface area (Å²) < 4.78 is 5.51. The topological polar surface area (TPSA) is 85.8 Å². The highest BCUT2D eigenvalue weighted by Gasteiger charge is 2.30. The number of ether oxygens (including phenoxy) is 1. The second kappa shape index (κ2) is 8.40. The van der Waals surface area contributed by atoms with Gasteiger partial charge in [0.05, 0.1) is 24.5 Å². The second-order valence-electron chi connectivity index (χ2n) is 9.22. The molecule has 3 aliphatic rings. The molecule has 2 aromatic heterocycles. The number of hydrogen-bond acceptors (Lipinski definition) is 6. The summed E-state index contributed by atoms with van der Waals surface area (Å²) in [5.41, 5.74) is 7.12. The first-order valence-electron chi connectivity index (χ1n) is 11.3. The van der Waals surface area contributed by atoms with Gasteiger partial charge in [0.1, 0.15) is 30.3 Å². The summed E-state index contributed by atoms with van der Waals surface area (Å²) in [6, 6.07) is 0. The van der Waals surface area contributed by atoms with Crippen molar-refractivity contribution in [3.05, 3.63) is 16.3 Å². The van der Waals surface area contributed by atoms with Crippen LogP contribution in [0.25, 0.3) is 10.2 Å². The quantitative estimate of drug-likeness (QED) is 0.754.